The van der Waals surface area contributed by atoms with Gasteiger partial charge in [0.15, 0.2) is 0 Å². The Kier molecular flexibility index (Phi) is 4.56. The lowest BCUT2D eigenvalue weighted by Crippen LogP contribution is -2.26. The molecule has 5 heteroatoms. The summed E-state index contributed by atoms with van der Waals surface area (Å²) in [4.78, 5) is 24.5. The summed E-state index contributed by atoms with van der Waals surface area (Å²) in [5.41, 5.74) is 0.743. The van der Waals surface area contributed by atoms with Gasteiger partial charge in [0.2, 0.25) is 11.5 Å². The summed E-state index contributed by atoms with van der Waals surface area (Å²) in [5, 5.41) is 5.65. The molecule has 0 aliphatic carbocycles. The number of carbonyl (C=O) groups is 1. The second kappa shape index (κ2) is 5.98. The minimum Gasteiger partial charge on any atom is -0.352 e. The highest BCUT2D eigenvalue weighted by Gasteiger charge is 1.99. The molecule has 1 amide bonds. The van der Waals surface area contributed by atoms with E-state index < -0.39 is 0 Å². The molecule has 0 fully saturated rings. The topological polar surface area (TPSA) is 74.0 Å². The van der Waals surface area contributed by atoms with E-state index in [-0.39, 0.29) is 11.5 Å². The van der Waals surface area contributed by atoms with Crippen LogP contribution >= 0.6 is 0 Å². The van der Waals surface area contributed by atoms with Gasteiger partial charge >= 0.3 is 0 Å². The Morgan fingerprint density at radius 1 is 1.47 bits per heavy atom. The van der Waals surface area contributed by atoms with Gasteiger partial charge in [0.1, 0.15) is 0 Å². The van der Waals surface area contributed by atoms with Gasteiger partial charge in [0.05, 0.1) is 0 Å². The lowest BCUT2D eigenvalue weighted by Gasteiger charge is -2.04. The maximum absolute atomic E-state index is 11.2. The van der Waals surface area contributed by atoms with E-state index in [0.29, 0.717) is 19.5 Å². The normalized spacial score (nSPS) is 9.93. The quantitative estimate of drug-likeness (QED) is 0.618. The van der Waals surface area contributed by atoms with E-state index in [1.807, 2.05) is 0 Å². The second-order valence-electron chi connectivity index (χ2n) is 3.19. The Balaban J connectivity index is 2.33. The van der Waals surface area contributed by atoms with Crippen LogP contribution in [0.15, 0.2) is 23.1 Å². The average Bonchev–Trinajstić information content (AvgIpc) is 2.25. The summed E-state index contributed by atoms with van der Waals surface area (Å²) in [7, 11) is 1.80. The molecule has 0 saturated heterocycles. The lowest BCUT2D eigenvalue weighted by molar-refractivity contribution is -0.121. The third kappa shape index (κ3) is 4.42. The first kappa shape index (κ1) is 11.5. The maximum atomic E-state index is 11.2. The largest absolute Gasteiger partial charge is 0.352 e. The van der Waals surface area contributed by atoms with Crippen molar-refractivity contribution in [3.8, 4) is 0 Å². The number of rotatable bonds is 5. The molecule has 3 N–H and O–H groups in total. The minimum absolute atomic E-state index is 0.00412. The number of hydrogen-bond acceptors (Lipinski definition) is 3. The molecule has 15 heavy (non-hydrogen) atoms. The van der Waals surface area contributed by atoms with Crippen molar-refractivity contribution >= 4 is 5.91 Å². The van der Waals surface area contributed by atoms with E-state index in [1.54, 1.807) is 19.3 Å². The smallest absolute Gasteiger partial charge is 0.247 e. The summed E-state index contributed by atoms with van der Waals surface area (Å²) in [5.74, 6) is -0.00412. The van der Waals surface area contributed by atoms with E-state index in [0.717, 1.165) is 5.56 Å². The van der Waals surface area contributed by atoms with Crippen LogP contribution in [0.2, 0.25) is 0 Å². The van der Waals surface area contributed by atoms with E-state index >= 15 is 0 Å². The Labute approximate surface area is 87.9 Å². The zero-order valence-electron chi connectivity index (χ0n) is 8.67. The molecular formula is C10H15N3O2. The first-order chi connectivity index (χ1) is 7.22. The molecular weight excluding hydrogens is 194 g/mol. The number of carbonyl (C=O) groups excluding carboxylic acids is 1. The number of aromatic nitrogens is 1. The molecule has 0 aliphatic rings. The summed E-state index contributed by atoms with van der Waals surface area (Å²) in [6.45, 7) is 1.11. The SMILES string of the molecule is CNCCC(=O)NCc1ccc(=O)[nH]c1. The van der Waals surface area contributed by atoms with Crippen molar-refractivity contribution in [1.82, 2.24) is 15.6 Å². The molecule has 0 atom stereocenters. The average molecular weight is 209 g/mol. The second-order valence-corrected chi connectivity index (χ2v) is 3.19. The van der Waals surface area contributed by atoms with Crippen molar-refractivity contribution in [1.29, 1.82) is 0 Å². The highest BCUT2D eigenvalue weighted by atomic mass is 16.1. The van der Waals surface area contributed by atoms with Crippen LogP contribution in [0.1, 0.15) is 12.0 Å². The molecule has 0 aliphatic heterocycles. The number of H-pyrrole nitrogens is 1. The monoisotopic (exact) mass is 209 g/mol. The Hall–Kier alpha value is -1.62. The van der Waals surface area contributed by atoms with Crippen molar-refractivity contribution in [2.24, 2.45) is 0 Å². The summed E-state index contributed by atoms with van der Waals surface area (Å²) < 4.78 is 0. The summed E-state index contributed by atoms with van der Waals surface area (Å²) >= 11 is 0. The van der Waals surface area contributed by atoms with Gasteiger partial charge in [-0.15, -0.1) is 0 Å². The molecule has 0 radical (unpaired) electrons. The fraction of sp³-hybridized carbons (Fsp3) is 0.400. The van der Waals surface area contributed by atoms with Gasteiger partial charge in [0.25, 0.3) is 0 Å². The van der Waals surface area contributed by atoms with Crippen LogP contribution < -0.4 is 16.2 Å². The minimum atomic E-state index is -0.139. The number of pyridine rings is 1. The summed E-state index contributed by atoms with van der Waals surface area (Å²) in [6, 6.07) is 3.13. The zero-order valence-corrected chi connectivity index (χ0v) is 8.67. The van der Waals surface area contributed by atoms with Crippen LogP contribution in [-0.4, -0.2) is 24.5 Å². The first-order valence-electron chi connectivity index (χ1n) is 4.81. The van der Waals surface area contributed by atoms with Crippen LogP contribution in [0.4, 0.5) is 0 Å². The van der Waals surface area contributed by atoms with E-state index in [9.17, 15) is 9.59 Å². The van der Waals surface area contributed by atoms with Crippen molar-refractivity contribution < 1.29 is 4.79 Å². The molecule has 5 nitrogen and oxygen atoms in total. The Morgan fingerprint density at radius 2 is 2.27 bits per heavy atom. The molecule has 1 aromatic rings. The van der Waals surface area contributed by atoms with Gasteiger partial charge in [0, 0.05) is 31.8 Å². The van der Waals surface area contributed by atoms with E-state index in [4.69, 9.17) is 0 Å². The molecule has 0 unspecified atom stereocenters. The lowest BCUT2D eigenvalue weighted by atomic mass is 10.3. The van der Waals surface area contributed by atoms with E-state index in [2.05, 4.69) is 15.6 Å². The van der Waals surface area contributed by atoms with E-state index in [1.165, 1.54) is 6.07 Å². The Morgan fingerprint density at radius 3 is 2.87 bits per heavy atom. The maximum Gasteiger partial charge on any atom is 0.247 e. The number of aromatic amines is 1. The standard InChI is InChI=1S/C10H15N3O2/c1-11-5-4-10(15)13-7-8-2-3-9(14)12-6-8/h2-3,6,11H,4-5,7H2,1H3,(H,12,14)(H,13,15). The third-order valence-electron chi connectivity index (χ3n) is 1.94. The molecule has 1 heterocycles. The predicted octanol–water partition coefficient (Wildman–Crippen LogP) is -0.399. The first-order valence-corrected chi connectivity index (χ1v) is 4.81. The third-order valence-corrected chi connectivity index (χ3v) is 1.94. The van der Waals surface area contributed by atoms with Gasteiger partial charge in [-0.05, 0) is 12.6 Å². The van der Waals surface area contributed by atoms with Gasteiger partial charge < -0.3 is 15.6 Å². The highest BCUT2D eigenvalue weighted by molar-refractivity contribution is 5.76. The Bertz CT molecular complexity index is 353. The number of hydrogen-bond donors (Lipinski definition) is 3. The number of amides is 1. The van der Waals surface area contributed by atoms with Gasteiger partial charge in [-0.1, -0.05) is 6.07 Å². The highest BCUT2D eigenvalue weighted by Crippen LogP contribution is 1.92. The fourth-order valence-corrected chi connectivity index (χ4v) is 1.08. The van der Waals surface area contributed by atoms with Crippen LogP contribution in [0.5, 0.6) is 0 Å². The fourth-order valence-electron chi connectivity index (χ4n) is 1.08. The predicted molar refractivity (Wildman–Crippen MR) is 57.5 cm³/mol. The van der Waals surface area contributed by atoms with Crippen molar-refractivity contribution in [2.75, 3.05) is 13.6 Å². The van der Waals surface area contributed by atoms with Gasteiger partial charge in [-0.3, -0.25) is 9.59 Å². The van der Waals surface area contributed by atoms with Crippen molar-refractivity contribution in [3.63, 3.8) is 0 Å². The van der Waals surface area contributed by atoms with Gasteiger partial charge in [-0.25, -0.2) is 0 Å². The van der Waals surface area contributed by atoms with Crippen molar-refractivity contribution in [3.05, 3.63) is 34.2 Å². The van der Waals surface area contributed by atoms with Crippen LogP contribution in [0.25, 0.3) is 0 Å². The van der Waals surface area contributed by atoms with Crippen molar-refractivity contribution in [2.45, 2.75) is 13.0 Å². The molecule has 1 aromatic heterocycles. The molecule has 0 saturated carbocycles. The molecule has 0 bridgehead atoms. The van der Waals surface area contributed by atoms with Crippen LogP contribution in [0, 0.1) is 0 Å². The number of nitrogens with one attached hydrogen (secondary N) is 3. The molecule has 0 aromatic carbocycles. The molecule has 1 rings (SSSR count). The summed E-state index contributed by atoms with van der Waals surface area (Å²) in [6.07, 6.45) is 2.06. The van der Waals surface area contributed by atoms with Crippen LogP contribution in [0.3, 0.4) is 0 Å². The van der Waals surface area contributed by atoms with Gasteiger partial charge in [-0.2, -0.15) is 0 Å². The molecule has 0 spiro atoms. The van der Waals surface area contributed by atoms with Crippen LogP contribution in [-0.2, 0) is 11.3 Å². The molecule has 82 valence electrons. The zero-order chi connectivity index (χ0) is 11.1.